The van der Waals surface area contributed by atoms with Gasteiger partial charge in [-0.05, 0) is 42.5 Å². The van der Waals surface area contributed by atoms with Crippen molar-refractivity contribution in [3.05, 3.63) is 58.7 Å². The Bertz CT molecular complexity index is 1210. The van der Waals surface area contributed by atoms with Crippen molar-refractivity contribution in [1.82, 2.24) is 9.29 Å². The van der Waals surface area contributed by atoms with Crippen LogP contribution >= 0.6 is 23.2 Å². The van der Waals surface area contributed by atoms with E-state index in [9.17, 15) is 13.2 Å². The summed E-state index contributed by atoms with van der Waals surface area (Å²) in [6, 6.07) is 11.0. The number of carbonyl (C=O) groups is 1. The lowest BCUT2D eigenvalue weighted by Crippen LogP contribution is -2.30. The van der Waals surface area contributed by atoms with E-state index >= 15 is 0 Å². The molecule has 0 fully saturated rings. The number of amides is 1. The van der Waals surface area contributed by atoms with Gasteiger partial charge in [0.15, 0.2) is 6.61 Å². The van der Waals surface area contributed by atoms with Crippen LogP contribution in [0.5, 0.6) is 5.75 Å². The van der Waals surface area contributed by atoms with E-state index in [2.05, 4.69) is 10.3 Å². The minimum Gasteiger partial charge on any atom is -0.481 e. The van der Waals surface area contributed by atoms with Gasteiger partial charge in [-0.15, -0.1) is 0 Å². The average Bonchev–Trinajstić information content (AvgIpc) is 2.75. The van der Waals surface area contributed by atoms with Crippen LogP contribution in [0.3, 0.4) is 0 Å². The molecule has 1 heterocycles. The Kier molecular flexibility index (Phi) is 7.38. The second-order valence-electron chi connectivity index (χ2n) is 6.51. The molecule has 1 aromatic heterocycles. The summed E-state index contributed by atoms with van der Waals surface area (Å²) in [7, 11) is -3.69. The maximum absolute atomic E-state index is 12.7. The first-order valence-electron chi connectivity index (χ1n) is 9.53. The zero-order chi connectivity index (χ0) is 22.6. The van der Waals surface area contributed by atoms with Gasteiger partial charge in [-0.1, -0.05) is 37.0 Å². The number of ether oxygens (including phenoxy) is 1. The molecule has 0 saturated carbocycles. The molecule has 7 nitrogen and oxygen atoms in total. The third-order valence-electron chi connectivity index (χ3n) is 4.59. The first kappa shape index (κ1) is 23.3. The van der Waals surface area contributed by atoms with Crippen molar-refractivity contribution in [2.24, 2.45) is 0 Å². The number of fused-ring (bicyclic) bond motifs is 1. The van der Waals surface area contributed by atoms with Crippen molar-refractivity contribution < 1.29 is 17.9 Å². The Balaban J connectivity index is 1.76. The maximum atomic E-state index is 12.7. The molecule has 2 aromatic carbocycles. The molecule has 0 aliphatic carbocycles. The van der Waals surface area contributed by atoms with Gasteiger partial charge in [0.05, 0.1) is 20.6 Å². The zero-order valence-electron chi connectivity index (χ0n) is 16.9. The van der Waals surface area contributed by atoms with Crippen molar-refractivity contribution in [2.75, 3.05) is 25.0 Å². The minimum atomic E-state index is -3.69. The molecular weight excluding hydrogens is 461 g/mol. The second kappa shape index (κ2) is 9.82. The van der Waals surface area contributed by atoms with Crippen LogP contribution in [0.15, 0.2) is 53.6 Å². The van der Waals surface area contributed by atoms with E-state index in [0.29, 0.717) is 34.8 Å². The van der Waals surface area contributed by atoms with Crippen LogP contribution in [0.2, 0.25) is 10.0 Å². The van der Waals surface area contributed by atoms with E-state index < -0.39 is 15.9 Å². The quantitative estimate of drug-likeness (QED) is 0.508. The van der Waals surface area contributed by atoms with Crippen molar-refractivity contribution in [3.63, 3.8) is 0 Å². The summed E-state index contributed by atoms with van der Waals surface area (Å²) in [6.45, 7) is 3.86. The highest BCUT2D eigenvalue weighted by atomic mass is 35.5. The predicted molar refractivity (Wildman–Crippen MR) is 122 cm³/mol. The van der Waals surface area contributed by atoms with Crippen LogP contribution in [-0.2, 0) is 14.8 Å². The fourth-order valence-corrected chi connectivity index (χ4v) is 4.90. The van der Waals surface area contributed by atoms with Crippen LogP contribution in [0.25, 0.3) is 10.9 Å². The molecule has 0 aliphatic rings. The lowest BCUT2D eigenvalue weighted by Gasteiger charge is -2.19. The van der Waals surface area contributed by atoms with E-state index in [-0.39, 0.29) is 22.2 Å². The molecule has 3 rings (SSSR count). The number of anilines is 1. The fourth-order valence-electron chi connectivity index (χ4n) is 3.03. The minimum absolute atomic E-state index is 0.0460. The molecule has 10 heteroatoms. The number of hydrogen-bond acceptors (Lipinski definition) is 5. The highest BCUT2D eigenvalue weighted by molar-refractivity contribution is 7.89. The molecule has 3 aromatic rings. The number of rotatable bonds is 8. The molecule has 0 unspecified atom stereocenters. The van der Waals surface area contributed by atoms with E-state index in [1.807, 2.05) is 0 Å². The monoisotopic (exact) mass is 481 g/mol. The largest absolute Gasteiger partial charge is 0.481 e. The highest BCUT2D eigenvalue weighted by Crippen LogP contribution is 2.30. The van der Waals surface area contributed by atoms with Gasteiger partial charge in [0.2, 0.25) is 10.0 Å². The van der Waals surface area contributed by atoms with Crippen molar-refractivity contribution in [3.8, 4) is 5.75 Å². The summed E-state index contributed by atoms with van der Waals surface area (Å²) in [4.78, 5) is 16.7. The zero-order valence-corrected chi connectivity index (χ0v) is 19.3. The summed E-state index contributed by atoms with van der Waals surface area (Å²) in [6.07, 6.45) is 1.60. The molecule has 0 radical (unpaired) electrons. The number of benzene rings is 2. The van der Waals surface area contributed by atoms with Gasteiger partial charge in [0.1, 0.15) is 11.3 Å². The van der Waals surface area contributed by atoms with E-state index in [1.54, 1.807) is 44.3 Å². The molecule has 0 spiro atoms. The van der Waals surface area contributed by atoms with Gasteiger partial charge >= 0.3 is 0 Å². The SMILES string of the molecule is CCN(CC)S(=O)(=O)c1ccc(Cl)c(NC(=O)COc2ccc(Cl)c3cccnc23)c1. The maximum Gasteiger partial charge on any atom is 0.262 e. The van der Waals surface area contributed by atoms with Gasteiger partial charge in [0.25, 0.3) is 5.91 Å². The Hall–Kier alpha value is -2.39. The van der Waals surface area contributed by atoms with Gasteiger partial charge in [-0.2, -0.15) is 4.31 Å². The topological polar surface area (TPSA) is 88.6 Å². The molecule has 0 atom stereocenters. The lowest BCUT2D eigenvalue weighted by molar-refractivity contribution is -0.118. The van der Waals surface area contributed by atoms with Crippen LogP contribution in [0.4, 0.5) is 5.69 Å². The number of nitrogens with one attached hydrogen (secondary N) is 1. The average molecular weight is 482 g/mol. The Labute approximate surface area is 191 Å². The normalized spacial score (nSPS) is 11.6. The third kappa shape index (κ3) is 5.10. The molecule has 0 bridgehead atoms. The molecule has 1 N–H and O–H groups in total. The van der Waals surface area contributed by atoms with Gasteiger partial charge in [-0.25, -0.2) is 8.42 Å². The molecule has 31 heavy (non-hydrogen) atoms. The van der Waals surface area contributed by atoms with E-state index in [0.717, 1.165) is 0 Å². The molecule has 1 amide bonds. The first-order valence-corrected chi connectivity index (χ1v) is 11.7. The second-order valence-corrected chi connectivity index (χ2v) is 9.27. The number of halogens is 2. The Morgan fingerprint density at radius 1 is 1.10 bits per heavy atom. The number of pyridine rings is 1. The summed E-state index contributed by atoms with van der Waals surface area (Å²) >= 11 is 12.3. The summed E-state index contributed by atoms with van der Waals surface area (Å²) in [5, 5.41) is 4.05. The van der Waals surface area contributed by atoms with Crippen LogP contribution < -0.4 is 10.1 Å². The first-order chi connectivity index (χ1) is 14.8. The number of hydrogen-bond donors (Lipinski definition) is 1. The predicted octanol–water partition coefficient (Wildman–Crippen LogP) is 4.59. The molecule has 0 aliphatic heterocycles. The third-order valence-corrected chi connectivity index (χ3v) is 7.30. The lowest BCUT2D eigenvalue weighted by atomic mass is 10.2. The van der Waals surface area contributed by atoms with Crippen molar-refractivity contribution in [2.45, 2.75) is 18.7 Å². The van der Waals surface area contributed by atoms with Gasteiger partial charge < -0.3 is 10.1 Å². The summed E-state index contributed by atoms with van der Waals surface area (Å²) < 4.78 is 32.4. The summed E-state index contributed by atoms with van der Waals surface area (Å²) in [5.41, 5.74) is 0.718. The Morgan fingerprint density at radius 3 is 2.52 bits per heavy atom. The van der Waals surface area contributed by atoms with E-state index in [4.69, 9.17) is 27.9 Å². The van der Waals surface area contributed by atoms with Crippen LogP contribution in [-0.4, -0.2) is 43.3 Å². The van der Waals surface area contributed by atoms with Crippen molar-refractivity contribution in [1.29, 1.82) is 0 Å². The number of sulfonamides is 1. The molecule has 0 saturated heterocycles. The van der Waals surface area contributed by atoms with Crippen LogP contribution in [0, 0.1) is 0 Å². The van der Waals surface area contributed by atoms with Crippen molar-refractivity contribution >= 4 is 55.7 Å². The molecular formula is C21H21Cl2N3O4S. The fraction of sp³-hybridized carbons (Fsp3) is 0.238. The number of aromatic nitrogens is 1. The summed E-state index contributed by atoms with van der Waals surface area (Å²) in [5.74, 6) is -0.0996. The number of nitrogens with zero attached hydrogens (tertiary/aromatic N) is 2. The van der Waals surface area contributed by atoms with E-state index in [1.165, 1.54) is 22.5 Å². The smallest absolute Gasteiger partial charge is 0.262 e. The molecule has 164 valence electrons. The van der Waals surface area contributed by atoms with Gasteiger partial charge in [0, 0.05) is 24.7 Å². The Morgan fingerprint density at radius 2 is 1.81 bits per heavy atom. The van der Waals surface area contributed by atoms with Crippen LogP contribution in [0.1, 0.15) is 13.8 Å². The standard InChI is InChI=1S/C21H21Cl2N3O4S/c1-3-26(4-2)31(28,29)14-7-8-17(23)18(12-14)25-20(27)13-30-19-10-9-16(22)15-6-5-11-24-21(15)19/h5-12H,3-4,13H2,1-2H3,(H,25,27). The van der Waals surface area contributed by atoms with Gasteiger partial charge in [-0.3, -0.25) is 9.78 Å². The number of carbonyl (C=O) groups excluding carboxylic acids is 1. The highest BCUT2D eigenvalue weighted by Gasteiger charge is 2.23.